The van der Waals surface area contributed by atoms with Crippen LogP contribution in [0.1, 0.15) is 37.8 Å². The molecule has 0 bridgehead atoms. The molecule has 156 valence electrons. The fourth-order valence-electron chi connectivity index (χ4n) is 2.61. The normalized spacial score (nSPS) is 11.4. The van der Waals surface area contributed by atoms with Crippen LogP contribution >= 0.6 is 11.6 Å². The van der Waals surface area contributed by atoms with Gasteiger partial charge >= 0.3 is 0 Å². The van der Waals surface area contributed by atoms with E-state index in [1.807, 2.05) is 6.92 Å². The van der Waals surface area contributed by atoms with Gasteiger partial charge in [-0.25, -0.2) is 8.78 Å². The van der Waals surface area contributed by atoms with E-state index in [9.17, 15) is 27.2 Å². The monoisotopic (exact) mass is 430 g/mol. The van der Waals surface area contributed by atoms with Crippen LogP contribution in [-0.4, -0.2) is 18.2 Å². The number of hydrogen-bond donors (Lipinski definition) is 0. The third-order valence-corrected chi connectivity index (χ3v) is 5.08. The predicted molar refractivity (Wildman–Crippen MR) is 100 cm³/mol. The van der Waals surface area contributed by atoms with E-state index in [0.29, 0.717) is 10.6 Å². The maximum absolute atomic E-state index is 13.5. The standard InChI is InChI=1S/C21H19ClF4O3/c1-11-4-5-12(8-14(11)22)21(2,3)17(28)7-6-13(27)10-29-20-18(25)15(23)9-16(24)19(20)26/h4-5,8-9H,6-7,10H2,1-3H3. The van der Waals surface area contributed by atoms with E-state index < -0.39 is 46.8 Å². The first-order chi connectivity index (χ1) is 13.4. The highest BCUT2D eigenvalue weighted by atomic mass is 35.5. The van der Waals surface area contributed by atoms with Gasteiger partial charge in [-0.05, 0) is 38.0 Å². The molecule has 0 amide bonds. The van der Waals surface area contributed by atoms with E-state index in [1.54, 1.807) is 32.0 Å². The zero-order valence-electron chi connectivity index (χ0n) is 16.0. The molecule has 2 aromatic rings. The molecule has 2 aromatic carbocycles. The topological polar surface area (TPSA) is 43.4 Å². The van der Waals surface area contributed by atoms with Crippen LogP contribution in [0.15, 0.2) is 24.3 Å². The van der Waals surface area contributed by atoms with Gasteiger partial charge < -0.3 is 4.74 Å². The van der Waals surface area contributed by atoms with E-state index >= 15 is 0 Å². The summed E-state index contributed by atoms with van der Waals surface area (Å²) in [5.74, 6) is -8.95. The molecule has 0 unspecified atom stereocenters. The second-order valence-electron chi connectivity index (χ2n) is 7.14. The van der Waals surface area contributed by atoms with Gasteiger partial charge in [0.05, 0.1) is 0 Å². The molecule has 0 spiro atoms. The number of ether oxygens (including phenoxy) is 1. The molecule has 2 rings (SSSR count). The zero-order valence-corrected chi connectivity index (χ0v) is 16.8. The summed E-state index contributed by atoms with van der Waals surface area (Å²) in [6.07, 6.45) is -0.411. The molecule has 0 aromatic heterocycles. The number of ketones is 2. The Morgan fingerprint density at radius 1 is 1.00 bits per heavy atom. The van der Waals surface area contributed by atoms with Crippen molar-refractivity contribution in [3.05, 3.63) is 63.7 Å². The Kier molecular flexibility index (Phi) is 7.06. The molecule has 0 saturated carbocycles. The van der Waals surface area contributed by atoms with Crippen LogP contribution in [-0.2, 0) is 15.0 Å². The highest BCUT2D eigenvalue weighted by Gasteiger charge is 2.30. The van der Waals surface area contributed by atoms with Gasteiger partial charge in [0, 0.05) is 29.3 Å². The van der Waals surface area contributed by atoms with Crippen LogP contribution in [0, 0.1) is 30.2 Å². The van der Waals surface area contributed by atoms with Gasteiger partial charge in [-0.2, -0.15) is 8.78 Å². The summed E-state index contributed by atoms with van der Waals surface area (Å²) in [4.78, 5) is 24.5. The van der Waals surface area contributed by atoms with Crippen molar-refractivity contribution in [3.63, 3.8) is 0 Å². The van der Waals surface area contributed by atoms with Crippen molar-refractivity contribution in [2.24, 2.45) is 0 Å². The first-order valence-electron chi connectivity index (χ1n) is 8.72. The number of benzene rings is 2. The lowest BCUT2D eigenvalue weighted by atomic mass is 9.78. The Balaban J connectivity index is 1.98. The molecule has 0 fully saturated rings. The Morgan fingerprint density at radius 3 is 2.14 bits per heavy atom. The lowest BCUT2D eigenvalue weighted by Crippen LogP contribution is -2.30. The van der Waals surface area contributed by atoms with Crippen LogP contribution in [0.3, 0.4) is 0 Å². The molecule has 0 N–H and O–H groups in total. The second-order valence-corrected chi connectivity index (χ2v) is 7.54. The van der Waals surface area contributed by atoms with E-state index in [1.165, 1.54) is 0 Å². The highest BCUT2D eigenvalue weighted by Crippen LogP contribution is 2.30. The van der Waals surface area contributed by atoms with Crippen LogP contribution in [0.5, 0.6) is 5.75 Å². The van der Waals surface area contributed by atoms with Crippen LogP contribution in [0.4, 0.5) is 17.6 Å². The Bertz CT molecular complexity index is 931. The average Bonchev–Trinajstić information content (AvgIpc) is 2.66. The fraction of sp³-hybridized carbons (Fsp3) is 0.333. The molecular formula is C21H19ClF4O3. The minimum absolute atomic E-state index is 0.0391. The molecule has 0 atom stereocenters. The van der Waals surface area contributed by atoms with Gasteiger partial charge in [-0.3, -0.25) is 9.59 Å². The summed E-state index contributed by atoms with van der Waals surface area (Å²) in [6.45, 7) is 4.38. The first kappa shape index (κ1) is 22.9. The maximum atomic E-state index is 13.5. The quantitative estimate of drug-likeness (QED) is 0.411. The molecule has 0 saturated heterocycles. The summed E-state index contributed by atoms with van der Waals surface area (Å²) < 4.78 is 58.0. The molecule has 0 aliphatic heterocycles. The van der Waals surface area contributed by atoms with E-state index in [0.717, 1.165) is 5.56 Å². The van der Waals surface area contributed by atoms with Crippen molar-refractivity contribution in [2.45, 2.75) is 39.0 Å². The number of carbonyl (C=O) groups excluding carboxylic acids is 2. The van der Waals surface area contributed by atoms with Crippen molar-refractivity contribution < 1.29 is 31.9 Å². The van der Waals surface area contributed by atoms with Gasteiger partial charge in [0.1, 0.15) is 12.4 Å². The number of Topliss-reactive ketones (excluding diaryl/α,β-unsaturated/α-hetero) is 2. The van der Waals surface area contributed by atoms with Crippen LogP contribution in [0.2, 0.25) is 5.02 Å². The van der Waals surface area contributed by atoms with Crippen molar-refractivity contribution >= 4 is 23.2 Å². The number of aryl methyl sites for hydroxylation is 1. The largest absolute Gasteiger partial charge is 0.480 e. The zero-order chi connectivity index (χ0) is 21.9. The summed E-state index contributed by atoms with van der Waals surface area (Å²) in [5.41, 5.74) is 0.628. The SMILES string of the molecule is Cc1ccc(C(C)(C)C(=O)CCC(=O)COc2c(F)c(F)cc(F)c2F)cc1Cl. The molecule has 0 aliphatic carbocycles. The average molecular weight is 431 g/mol. The van der Waals surface area contributed by atoms with Gasteiger partial charge in [0.25, 0.3) is 0 Å². The smallest absolute Gasteiger partial charge is 0.203 e. The van der Waals surface area contributed by atoms with Crippen molar-refractivity contribution in [3.8, 4) is 5.75 Å². The van der Waals surface area contributed by atoms with E-state index in [-0.39, 0.29) is 24.7 Å². The first-order valence-corrected chi connectivity index (χ1v) is 9.10. The molecule has 3 nitrogen and oxygen atoms in total. The Morgan fingerprint density at radius 2 is 1.59 bits per heavy atom. The second kappa shape index (κ2) is 8.95. The summed E-state index contributed by atoms with van der Waals surface area (Å²) in [6, 6.07) is 5.28. The van der Waals surface area contributed by atoms with Crippen LogP contribution in [0.25, 0.3) is 0 Å². The minimum Gasteiger partial charge on any atom is -0.480 e. The third kappa shape index (κ3) is 5.15. The summed E-state index contributed by atoms with van der Waals surface area (Å²) >= 11 is 6.10. The number of carbonyl (C=O) groups is 2. The van der Waals surface area contributed by atoms with Gasteiger partial charge in [-0.15, -0.1) is 0 Å². The fourth-order valence-corrected chi connectivity index (χ4v) is 2.79. The highest BCUT2D eigenvalue weighted by molar-refractivity contribution is 6.31. The molecule has 8 heteroatoms. The lowest BCUT2D eigenvalue weighted by Gasteiger charge is -2.24. The van der Waals surface area contributed by atoms with E-state index in [2.05, 4.69) is 4.74 Å². The summed E-state index contributed by atoms with van der Waals surface area (Å²) in [7, 11) is 0. The molecule has 0 heterocycles. The maximum Gasteiger partial charge on any atom is 0.203 e. The van der Waals surface area contributed by atoms with Crippen LogP contribution < -0.4 is 4.74 Å². The van der Waals surface area contributed by atoms with Crippen molar-refractivity contribution in [1.82, 2.24) is 0 Å². The Labute approximate surface area is 170 Å². The lowest BCUT2D eigenvalue weighted by molar-refractivity contribution is -0.127. The molecule has 0 radical (unpaired) electrons. The molecule has 29 heavy (non-hydrogen) atoms. The van der Waals surface area contributed by atoms with Crippen molar-refractivity contribution in [2.75, 3.05) is 6.61 Å². The minimum atomic E-state index is -1.73. The molecular weight excluding hydrogens is 412 g/mol. The van der Waals surface area contributed by atoms with Gasteiger partial charge in [0.15, 0.2) is 23.2 Å². The van der Waals surface area contributed by atoms with Crippen molar-refractivity contribution in [1.29, 1.82) is 0 Å². The summed E-state index contributed by atoms with van der Waals surface area (Å²) in [5, 5.41) is 0.513. The molecule has 0 aliphatic rings. The van der Waals surface area contributed by atoms with E-state index in [4.69, 9.17) is 11.6 Å². The van der Waals surface area contributed by atoms with Gasteiger partial charge in [0.2, 0.25) is 11.6 Å². The Hall–Kier alpha value is -2.41. The number of hydrogen-bond acceptors (Lipinski definition) is 3. The number of rotatable bonds is 8. The third-order valence-electron chi connectivity index (χ3n) is 4.67. The van der Waals surface area contributed by atoms with Gasteiger partial charge in [-0.1, -0.05) is 23.7 Å². The predicted octanol–water partition coefficient (Wildman–Crippen LogP) is 5.48. The number of halogens is 5.